The van der Waals surface area contributed by atoms with Crippen LogP contribution in [0.5, 0.6) is 0 Å². The molecule has 43 heavy (non-hydrogen) atoms. The summed E-state index contributed by atoms with van der Waals surface area (Å²) < 4.78 is 23.3. The van der Waals surface area contributed by atoms with E-state index in [1.54, 1.807) is 0 Å². The summed E-state index contributed by atoms with van der Waals surface area (Å²) in [5.74, 6) is -1.23. The highest BCUT2D eigenvalue weighted by molar-refractivity contribution is 7.90. The number of nitrogens with one attached hydrogen (secondary N) is 1. The highest BCUT2D eigenvalue weighted by Crippen LogP contribution is 2.50. The molecular formula is C35H50N2O5S. The maximum atomic E-state index is 13.5. The monoisotopic (exact) mass is 610 g/mol. The van der Waals surface area contributed by atoms with Gasteiger partial charge in [-0.05, 0) is 92.2 Å². The molecular weight excluding hydrogens is 560 g/mol. The number of carbonyl (C=O) groups is 2. The number of carboxylic acid groups (broad SMARTS) is 1. The van der Waals surface area contributed by atoms with E-state index >= 15 is 0 Å². The minimum Gasteiger partial charge on any atom is -0.480 e. The van der Waals surface area contributed by atoms with E-state index in [1.165, 1.54) is 76.2 Å². The van der Waals surface area contributed by atoms with E-state index in [0.717, 1.165) is 35.4 Å². The van der Waals surface area contributed by atoms with Crippen LogP contribution in [0.15, 0.2) is 42.5 Å². The number of amides is 1. The maximum Gasteiger partial charge on any atom is 0.326 e. The Morgan fingerprint density at radius 3 is 2.28 bits per heavy atom. The first-order valence-electron chi connectivity index (χ1n) is 15.7. The van der Waals surface area contributed by atoms with Gasteiger partial charge >= 0.3 is 5.97 Å². The van der Waals surface area contributed by atoms with Crippen LogP contribution in [-0.2, 0) is 21.2 Å². The van der Waals surface area contributed by atoms with Gasteiger partial charge < -0.3 is 10.4 Å². The number of carbonyl (C=O) groups excluding carboxylic acids is 1. The van der Waals surface area contributed by atoms with E-state index in [9.17, 15) is 23.1 Å². The van der Waals surface area contributed by atoms with Gasteiger partial charge in [0, 0.05) is 29.9 Å². The lowest BCUT2D eigenvalue weighted by Gasteiger charge is -2.53. The predicted molar refractivity (Wildman–Crippen MR) is 173 cm³/mol. The summed E-state index contributed by atoms with van der Waals surface area (Å²) in [6, 6.07) is 13.2. The van der Waals surface area contributed by atoms with E-state index in [0.29, 0.717) is 11.6 Å². The van der Waals surface area contributed by atoms with Crippen molar-refractivity contribution in [1.29, 1.82) is 0 Å². The van der Waals surface area contributed by atoms with Crippen molar-refractivity contribution in [2.45, 2.75) is 116 Å². The average molecular weight is 611 g/mol. The number of carboxylic acids is 1. The molecule has 3 fully saturated rings. The summed E-state index contributed by atoms with van der Waals surface area (Å²) in [6.07, 6.45) is 15.4. The Bertz CT molecular complexity index is 1390. The number of hydrogen-bond donors (Lipinski definition) is 2. The summed E-state index contributed by atoms with van der Waals surface area (Å²) >= 11 is 0. The first-order chi connectivity index (χ1) is 20.0. The molecule has 8 heteroatoms. The van der Waals surface area contributed by atoms with Crippen molar-refractivity contribution >= 4 is 21.7 Å². The maximum absolute atomic E-state index is 13.5. The van der Waals surface area contributed by atoms with Crippen molar-refractivity contribution in [3.63, 3.8) is 0 Å². The third kappa shape index (κ3) is 8.27. The van der Waals surface area contributed by atoms with E-state index < -0.39 is 27.8 Å². The second kappa shape index (κ2) is 13.9. The van der Waals surface area contributed by atoms with Crippen molar-refractivity contribution in [1.82, 2.24) is 10.2 Å². The van der Waals surface area contributed by atoms with Crippen molar-refractivity contribution in [2.24, 2.45) is 5.92 Å². The van der Waals surface area contributed by atoms with Crippen LogP contribution < -0.4 is 5.32 Å². The molecule has 2 N–H and O–H groups in total. The average Bonchev–Trinajstić information content (AvgIpc) is 3.77. The van der Waals surface area contributed by atoms with Crippen LogP contribution in [0.2, 0.25) is 0 Å². The van der Waals surface area contributed by atoms with E-state index in [1.807, 2.05) is 43.3 Å². The zero-order valence-electron chi connectivity index (χ0n) is 25.1. The number of rotatable bonds is 13. The lowest BCUT2D eigenvalue weighted by Crippen LogP contribution is -2.55. The number of aliphatic carboxylic acids is 1. The fraction of sp³-hybridized carbons (Fsp3) is 0.600. The second-order valence-electron chi connectivity index (χ2n) is 13.1. The Balaban J connectivity index is 0.00000423. The van der Waals surface area contributed by atoms with Gasteiger partial charge in [-0.15, -0.1) is 0 Å². The van der Waals surface area contributed by atoms with Crippen molar-refractivity contribution in [2.75, 3.05) is 12.0 Å². The first-order valence-corrected chi connectivity index (χ1v) is 17.8. The summed E-state index contributed by atoms with van der Waals surface area (Å²) in [6.45, 7) is 2.87. The number of benzene rings is 2. The number of nitrogens with zero attached hydrogens (tertiary/aromatic N) is 1. The molecule has 3 aliphatic rings. The van der Waals surface area contributed by atoms with Crippen LogP contribution in [0.25, 0.3) is 11.1 Å². The topological polar surface area (TPSA) is 104 Å². The van der Waals surface area contributed by atoms with Crippen molar-refractivity contribution in [3.8, 4) is 11.1 Å². The van der Waals surface area contributed by atoms with E-state index in [4.69, 9.17) is 0 Å². The molecule has 0 aliphatic heterocycles. The third-order valence-electron chi connectivity index (χ3n) is 9.77. The molecule has 1 atom stereocenters. The van der Waals surface area contributed by atoms with Gasteiger partial charge in [0.05, 0.1) is 5.75 Å². The molecule has 0 unspecified atom stereocenters. The van der Waals surface area contributed by atoms with Gasteiger partial charge in [0.1, 0.15) is 15.9 Å². The molecule has 0 bridgehead atoms. The minimum atomic E-state index is -3.37. The lowest BCUT2D eigenvalue weighted by molar-refractivity contribution is -0.139. The van der Waals surface area contributed by atoms with Gasteiger partial charge in [0.25, 0.3) is 5.91 Å². The second-order valence-corrected chi connectivity index (χ2v) is 15.4. The van der Waals surface area contributed by atoms with Crippen molar-refractivity contribution in [3.05, 3.63) is 59.2 Å². The van der Waals surface area contributed by atoms with Gasteiger partial charge in [0.2, 0.25) is 0 Å². The lowest BCUT2D eigenvalue weighted by atomic mass is 9.67. The smallest absolute Gasteiger partial charge is 0.326 e. The number of aryl methyl sites for hydroxylation is 1. The molecule has 7 nitrogen and oxygen atoms in total. The summed E-state index contributed by atoms with van der Waals surface area (Å²) in [5, 5.41) is 12.3. The molecule has 2 aromatic rings. The van der Waals surface area contributed by atoms with Gasteiger partial charge in [-0.3, -0.25) is 9.69 Å². The Labute approximate surface area is 258 Å². The van der Waals surface area contributed by atoms with Crippen LogP contribution in [0.3, 0.4) is 0 Å². The highest BCUT2D eigenvalue weighted by Gasteiger charge is 2.48. The summed E-state index contributed by atoms with van der Waals surface area (Å²) in [4.78, 5) is 28.2. The van der Waals surface area contributed by atoms with Gasteiger partial charge in [-0.25, -0.2) is 13.2 Å². The zero-order chi connectivity index (χ0) is 29.9. The van der Waals surface area contributed by atoms with Crippen LogP contribution in [0, 0.1) is 12.8 Å². The molecule has 3 aliphatic carbocycles. The van der Waals surface area contributed by atoms with Crippen molar-refractivity contribution < 1.29 is 23.1 Å². The van der Waals surface area contributed by atoms with Crippen LogP contribution in [0.4, 0.5) is 0 Å². The van der Waals surface area contributed by atoms with Crippen LogP contribution in [-0.4, -0.2) is 59.9 Å². The molecule has 2 aromatic carbocycles. The minimum absolute atomic E-state index is 0. The first kappa shape index (κ1) is 33.2. The molecule has 0 spiro atoms. The zero-order valence-corrected chi connectivity index (χ0v) is 25.9. The molecule has 0 saturated heterocycles. The highest BCUT2D eigenvalue weighted by atomic mass is 32.2. The van der Waals surface area contributed by atoms with E-state index in [2.05, 4.69) is 16.3 Å². The van der Waals surface area contributed by atoms with Crippen LogP contribution >= 0.6 is 0 Å². The molecule has 0 radical (unpaired) electrons. The Morgan fingerprint density at radius 1 is 1.00 bits per heavy atom. The molecule has 236 valence electrons. The Kier molecular flexibility index (Phi) is 10.8. The SMILES string of the molecule is C.Cc1ccccc1-c1cc(CN(C2CC2)C2(CC3CCCCC3)CCC2)ccc1C(=O)N[C@@H](CCS(C)(=O)=O)C(=O)O. The third-order valence-corrected chi connectivity index (χ3v) is 10.7. The fourth-order valence-electron chi connectivity index (χ4n) is 7.20. The summed E-state index contributed by atoms with van der Waals surface area (Å²) in [5.41, 5.74) is 4.60. The molecule has 0 heterocycles. The standard InChI is InChI=1S/C34H46N2O5S.CH4/c1-24-9-6-7-12-28(24)30-21-26(13-16-29(30)32(37)35-31(33(38)39)17-20-42(2,40)41)23-36(27-14-15-27)34(18-8-19-34)22-25-10-4-3-5-11-25;/h6-7,9,12-13,16,21,25,27,31H,3-5,8,10-11,14-15,17-20,22-23H2,1-2H3,(H,35,37)(H,38,39);1H4/t31-;/m0./s1. The largest absolute Gasteiger partial charge is 0.480 e. The van der Waals surface area contributed by atoms with Gasteiger partial charge in [-0.1, -0.05) is 69.9 Å². The summed E-state index contributed by atoms with van der Waals surface area (Å²) in [7, 11) is -3.37. The molecule has 5 rings (SSSR count). The quantitative estimate of drug-likeness (QED) is 0.259. The number of hydrogen-bond acceptors (Lipinski definition) is 5. The molecule has 1 amide bonds. The number of sulfone groups is 1. The van der Waals surface area contributed by atoms with Crippen LogP contribution in [0.1, 0.15) is 106 Å². The Morgan fingerprint density at radius 2 is 1.70 bits per heavy atom. The van der Waals surface area contributed by atoms with Gasteiger partial charge in [-0.2, -0.15) is 0 Å². The molecule has 3 saturated carbocycles. The normalized spacial score (nSPS) is 19.2. The molecule has 0 aromatic heterocycles. The predicted octanol–water partition coefficient (Wildman–Crippen LogP) is 6.77. The Hall–Kier alpha value is -2.71. The van der Waals surface area contributed by atoms with Gasteiger partial charge in [0.15, 0.2) is 0 Å². The van der Waals surface area contributed by atoms with E-state index in [-0.39, 0.29) is 25.1 Å². The fourth-order valence-corrected chi connectivity index (χ4v) is 7.86.